The van der Waals surface area contributed by atoms with Gasteiger partial charge in [0, 0.05) is 51.2 Å². The predicted molar refractivity (Wildman–Crippen MR) is 157 cm³/mol. The van der Waals surface area contributed by atoms with Gasteiger partial charge in [0.05, 0.1) is 28.0 Å². The van der Waals surface area contributed by atoms with Crippen molar-refractivity contribution in [2.45, 2.75) is 32.7 Å². The minimum absolute atomic E-state index is 0.0906. The largest absolute Gasteiger partial charge is 0.353 e. The first-order valence-electron chi connectivity index (χ1n) is 13.4. The van der Waals surface area contributed by atoms with Gasteiger partial charge in [-0.15, -0.1) is 11.3 Å². The second-order valence-electron chi connectivity index (χ2n) is 10.3. The van der Waals surface area contributed by atoms with E-state index in [0.29, 0.717) is 0 Å². The molecule has 1 aliphatic heterocycles. The van der Waals surface area contributed by atoms with E-state index in [-0.39, 0.29) is 5.78 Å². The number of H-pyrrole nitrogens is 2. The predicted octanol–water partition coefficient (Wildman–Crippen LogP) is 7.09. The topological polar surface area (TPSA) is 90.6 Å². The number of nitrogens with zero attached hydrogens (tertiary/aromatic N) is 4. The number of ketones is 1. The highest BCUT2D eigenvalue weighted by Crippen LogP contribution is 2.37. The molecule has 194 valence electrons. The zero-order valence-electron chi connectivity index (χ0n) is 21.7. The van der Waals surface area contributed by atoms with Gasteiger partial charge in [-0.3, -0.25) is 24.8 Å². The molecule has 0 atom stereocenters. The molecule has 6 heterocycles. The summed E-state index contributed by atoms with van der Waals surface area (Å²) < 4.78 is 0. The molecule has 0 bridgehead atoms. The molecule has 39 heavy (non-hydrogen) atoms. The summed E-state index contributed by atoms with van der Waals surface area (Å²) in [6.45, 7) is 4.85. The molecular formula is C31H28N6OS. The van der Waals surface area contributed by atoms with Crippen LogP contribution in [0.3, 0.4) is 0 Å². The summed E-state index contributed by atoms with van der Waals surface area (Å²) in [5.41, 5.74) is 7.90. The molecule has 5 aromatic heterocycles. The quantitative estimate of drug-likeness (QED) is 0.224. The van der Waals surface area contributed by atoms with E-state index in [0.717, 1.165) is 79.4 Å². The number of likely N-dealkylation sites (tertiary alicyclic amines) is 1. The Morgan fingerprint density at radius 3 is 2.72 bits per heavy atom. The third kappa shape index (κ3) is 4.56. The first-order valence-corrected chi connectivity index (χ1v) is 14.2. The van der Waals surface area contributed by atoms with E-state index in [4.69, 9.17) is 4.98 Å². The van der Waals surface area contributed by atoms with Crippen molar-refractivity contribution in [3.05, 3.63) is 77.6 Å². The lowest BCUT2D eigenvalue weighted by Gasteiger charge is -2.26. The SMILES string of the molecule is CC(=O)c1ccc(-c2cccc3[nH]c(-c4n[nH]c5cnc(-c6cncc(CN7CCCCC7)c6)cc45)cc23)s1. The van der Waals surface area contributed by atoms with Crippen LogP contribution in [-0.2, 0) is 6.54 Å². The van der Waals surface area contributed by atoms with Crippen LogP contribution in [0, 0.1) is 0 Å². The Bertz CT molecular complexity index is 1820. The number of piperidine rings is 1. The number of aromatic nitrogens is 5. The maximum Gasteiger partial charge on any atom is 0.169 e. The van der Waals surface area contributed by atoms with Crippen LogP contribution in [0.25, 0.3) is 54.9 Å². The van der Waals surface area contributed by atoms with Gasteiger partial charge in [-0.25, -0.2) is 0 Å². The smallest absolute Gasteiger partial charge is 0.169 e. The molecule has 0 radical (unpaired) electrons. The molecule has 0 aliphatic carbocycles. The van der Waals surface area contributed by atoms with Gasteiger partial charge in [0.25, 0.3) is 0 Å². The van der Waals surface area contributed by atoms with Crippen LogP contribution < -0.4 is 0 Å². The molecule has 7 nitrogen and oxygen atoms in total. The number of Topliss-reactive ketones (excluding diaryl/α,β-unsaturated/α-hetero) is 1. The summed E-state index contributed by atoms with van der Waals surface area (Å²) >= 11 is 1.53. The van der Waals surface area contributed by atoms with Gasteiger partial charge in [0.2, 0.25) is 0 Å². The lowest BCUT2D eigenvalue weighted by atomic mass is 10.1. The van der Waals surface area contributed by atoms with Crippen molar-refractivity contribution in [3.8, 4) is 33.1 Å². The van der Waals surface area contributed by atoms with Crippen LogP contribution >= 0.6 is 11.3 Å². The Morgan fingerprint density at radius 2 is 1.87 bits per heavy atom. The standard InChI is InChI=1S/C31H28N6OS/c1-19(38)29-8-9-30(39-29)22-6-5-7-25-23(22)13-27(34-25)31-24-14-26(33-17-28(24)35-36-31)21-12-20(15-32-16-21)18-37-10-3-2-4-11-37/h5-9,12-17,34H,2-4,10-11,18H2,1H3,(H,35,36). The Morgan fingerprint density at radius 1 is 0.974 bits per heavy atom. The van der Waals surface area contributed by atoms with Gasteiger partial charge < -0.3 is 4.98 Å². The molecule has 0 unspecified atom stereocenters. The average Bonchev–Trinajstić information content (AvgIpc) is 3.71. The van der Waals surface area contributed by atoms with E-state index in [1.807, 2.05) is 36.8 Å². The molecule has 1 aromatic carbocycles. The van der Waals surface area contributed by atoms with E-state index in [1.165, 1.54) is 36.2 Å². The van der Waals surface area contributed by atoms with Crippen molar-refractivity contribution >= 4 is 38.9 Å². The first kappa shape index (κ1) is 23.9. The number of fused-ring (bicyclic) bond motifs is 2. The molecule has 8 heteroatoms. The number of carbonyl (C=O) groups excluding carboxylic acids is 1. The Kier molecular flexibility index (Phi) is 6.06. The Balaban J connectivity index is 1.25. The normalized spacial score (nSPS) is 14.4. The highest BCUT2D eigenvalue weighted by molar-refractivity contribution is 7.17. The van der Waals surface area contributed by atoms with Crippen LogP contribution in [0.5, 0.6) is 0 Å². The average molecular weight is 533 g/mol. The van der Waals surface area contributed by atoms with E-state index in [9.17, 15) is 4.79 Å². The lowest BCUT2D eigenvalue weighted by molar-refractivity contribution is 0.102. The van der Waals surface area contributed by atoms with Crippen molar-refractivity contribution in [3.63, 3.8) is 0 Å². The molecular weight excluding hydrogens is 504 g/mol. The molecule has 1 saturated heterocycles. The second kappa shape index (κ2) is 9.87. The minimum atomic E-state index is 0.0906. The molecule has 0 spiro atoms. The van der Waals surface area contributed by atoms with Gasteiger partial charge in [0.15, 0.2) is 5.78 Å². The summed E-state index contributed by atoms with van der Waals surface area (Å²) in [7, 11) is 0. The van der Waals surface area contributed by atoms with Crippen molar-refractivity contribution in [1.82, 2.24) is 30.0 Å². The van der Waals surface area contributed by atoms with Crippen molar-refractivity contribution in [2.75, 3.05) is 13.1 Å². The highest BCUT2D eigenvalue weighted by Gasteiger charge is 2.17. The number of nitrogens with one attached hydrogen (secondary N) is 2. The maximum absolute atomic E-state index is 11.9. The van der Waals surface area contributed by atoms with Crippen molar-refractivity contribution in [2.24, 2.45) is 0 Å². The summed E-state index contributed by atoms with van der Waals surface area (Å²) in [5.74, 6) is 0.0906. The van der Waals surface area contributed by atoms with Gasteiger partial charge >= 0.3 is 0 Å². The zero-order chi connectivity index (χ0) is 26.3. The van der Waals surface area contributed by atoms with E-state index in [2.05, 4.69) is 55.4 Å². The third-order valence-electron chi connectivity index (χ3n) is 7.53. The van der Waals surface area contributed by atoms with Crippen LogP contribution in [0.2, 0.25) is 0 Å². The monoisotopic (exact) mass is 532 g/mol. The fourth-order valence-electron chi connectivity index (χ4n) is 5.54. The summed E-state index contributed by atoms with van der Waals surface area (Å²) in [5, 5.41) is 9.91. The summed E-state index contributed by atoms with van der Waals surface area (Å²) in [4.78, 5) is 29.0. The number of thiophene rings is 1. The second-order valence-corrected chi connectivity index (χ2v) is 11.4. The molecule has 1 aliphatic rings. The van der Waals surface area contributed by atoms with Crippen LogP contribution in [-0.4, -0.2) is 48.9 Å². The lowest BCUT2D eigenvalue weighted by Crippen LogP contribution is -2.29. The van der Waals surface area contributed by atoms with Crippen LogP contribution in [0.15, 0.2) is 67.1 Å². The molecule has 2 N–H and O–H groups in total. The minimum Gasteiger partial charge on any atom is -0.353 e. The number of aromatic amines is 2. The number of rotatable bonds is 6. The Labute approximate surface area is 229 Å². The highest BCUT2D eigenvalue weighted by atomic mass is 32.1. The number of carbonyl (C=O) groups is 1. The van der Waals surface area contributed by atoms with Gasteiger partial charge in [-0.1, -0.05) is 18.6 Å². The van der Waals surface area contributed by atoms with Crippen LogP contribution in [0.4, 0.5) is 0 Å². The molecule has 0 saturated carbocycles. The Hall–Kier alpha value is -4.14. The van der Waals surface area contributed by atoms with E-state index < -0.39 is 0 Å². The number of hydrogen-bond donors (Lipinski definition) is 2. The maximum atomic E-state index is 11.9. The van der Waals surface area contributed by atoms with E-state index in [1.54, 1.807) is 6.92 Å². The van der Waals surface area contributed by atoms with Crippen molar-refractivity contribution < 1.29 is 4.79 Å². The van der Waals surface area contributed by atoms with Crippen molar-refractivity contribution in [1.29, 1.82) is 0 Å². The fraction of sp³-hybridized carbons (Fsp3) is 0.226. The summed E-state index contributed by atoms with van der Waals surface area (Å²) in [6.07, 6.45) is 9.58. The molecule has 6 aromatic rings. The molecule has 0 amide bonds. The number of hydrogen-bond acceptors (Lipinski definition) is 6. The van der Waals surface area contributed by atoms with Gasteiger partial charge in [0.1, 0.15) is 5.69 Å². The van der Waals surface area contributed by atoms with Gasteiger partial charge in [-0.05, 0) is 74.8 Å². The van der Waals surface area contributed by atoms with Crippen LogP contribution in [0.1, 0.15) is 41.4 Å². The van der Waals surface area contributed by atoms with Gasteiger partial charge in [-0.2, -0.15) is 5.10 Å². The number of pyridine rings is 2. The third-order valence-corrected chi connectivity index (χ3v) is 8.75. The number of benzene rings is 1. The van der Waals surface area contributed by atoms with E-state index >= 15 is 0 Å². The zero-order valence-corrected chi connectivity index (χ0v) is 22.5. The molecule has 7 rings (SSSR count). The summed E-state index contributed by atoms with van der Waals surface area (Å²) in [6, 6.07) is 16.6. The molecule has 1 fully saturated rings. The first-order chi connectivity index (χ1) is 19.1. The fourth-order valence-corrected chi connectivity index (χ4v) is 6.48.